The van der Waals surface area contributed by atoms with Crippen molar-refractivity contribution in [3.63, 3.8) is 0 Å². The van der Waals surface area contributed by atoms with Gasteiger partial charge in [0.05, 0.1) is 11.4 Å². The molecule has 1 fully saturated rings. The van der Waals surface area contributed by atoms with Crippen LogP contribution >= 0.6 is 0 Å². The molecule has 34 heavy (non-hydrogen) atoms. The first-order valence-electron chi connectivity index (χ1n) is 11.5. The zero-order valence-electron chi connectivity index (χ0n) is 20.8. The van der Waals surface area contributed by atoms with Crippen molar-refractivity contribution in [2.75, 3.05) is 24.7 Å². The van der Waals surface area contributed by atoms with Gasteiger partial charge in [-0.25, -0.2) is 18.2 Å². The van der Waals surface area contributed by atoms with Crippen molar-refractivity contribution in [2.45, 2.75) is 70.2 Å². The van der Waals surface area contributed by atoms with E-state index in [-0.39, 0.29) is 23.3 Å². The number of benzene rings is 1. The number of sulfone groups is 1. The van der Waals surface area contributed by atoms with Gasteiger partial charge in [-0.15, -0.1) is 0 Å². The normalized spacial score (nSPS) is 16.1. The Morgan fingerprint density at radius 3 is 2.26 bits per heavy atom. The number of rotatable bonds is 6. The summed E-state index contributed by atoms with van der Waals surface area (Å²) >= 11 is 0. The highest BCUT2D eigenvalue weighted by atomic mass is 32.2. The van der Waals surface area contributed by atoms with Gasteiger partial charge in [0.2, 0.25) is 0 Å². The van der Waals surface area contributed by atoms with Gasteiger partial charge in [-0.1, -0.05) is 12.1 Å². The minimum atomic E-state index is -3.33. The summed E-state index contributed by atoms with van der Waals surface area (Å²) in [6.07, 6.45) is 2.46. The number of aromatic nitrogens is 1. The molecule has 1 unspecified atom stereocenters. The standard InChI is InChI=1S/C25H35N3O5S/c1-17(26-22-11-12-23(27-18(22)2)34(6,30)31)19-7-9-20(10-8-19)32-21-13-15-28(16-14-21)24(29)33-25(3,4)5/h7-12,17,21,26H,13-16H2,1-6H3. The van der Waals surface area contributed by atoms with Crippen molar-refractivity contribution in [3.05, 3.63) is 47.7 Å². The lowest BCUT2D eigenvalue weighted by Gasteiger charge is -2.33. The third-order valence-corrected chi connectivity index (χ3v) is 6.58. The van der Waals surface area contributed by atoms with Crippen LogP contribution in [0.4, 0.5) is 10.5 Å². The maximum absolute atomic E-state index is 12.2. The minimum Gasteiger partial charge on any atom is -0.490 e. The summed E-state index contributed by atoms with van der Waals surface area (Å²) < 4.78 is 35.0. The summed E-state index contributed by atoms with van der Waals surface area (Å²) in [5, 5.41) is 3.46. The number of nitrogens with one attached hydrogen (secondary N) is 1. The number of anilines is 1. The van der Waals surface area contributed by atoms with Crippen LogP contribution in [0.5, 0.6) is 5.75 Å². The number of hydrogen-bond donors (Lipinski definition) is 1. The summed E-state index contributed by atoms with van der Waals surface area (Å²) in [6.45, 7) is 10.7. The number of piperidine rings is 1. The second kappa shape index (κ2) is 10.2. The molecule has 186 valence electrons. The van der Waals surface area contributed by atoms with Crippen molar-refractivity contribution in [1.29, 1.82) is 0 Å². The molecule has 1 N–H and O–H groups in total. The van der Waals surface area contributed by atoms with Crippen LogP contribution in [-0.4, -0.2) is 55.4 Å². The van der Waals surface area contributed by atoms with Gasteiger partial charge in [0, 0.05) is 38.2 Å². The summed E-state index contributed by atoms with van der Waals surface area (Å²) in [6, 6.07) is 11.2. The van der Waals surface area contributed by atoms with E-state index in [2.05, 4.69) is 10.3 Å². The fourth-order valence-electron chi connectivity index (χ4n) is 3.72. The predicted octanol–water partition coefficient (Wildman–Crippen LogP) is 4.74. The predicted molar refractivity (Wildman–Crippen MR) is 132 cm³/mol. The molecule has 2 aromatic rings. The first-order chi connectivity index (χ1) is 15.8. The summed E-state index contributed by atoms with van der Waals surface area (Å²) in [7, 11) is -3.33. The van der Waals surface area contributed by atoms with Gasteiger partial charge in [0.25, 0.3) is 0 Å². The van der Waals surface area contributed by atoms with Gasteiger partial charge in [0.15, 0.2) is 14.9 Å². The number of likely N-dealkylation sites (tertiary alicyclic amines) is 1. The van der Waals surface area contributed by atoms with Crippen LogP contribution < -0.4 is 10.1 Å². The number of hydrogen-bond acceptors (Lipinski definition) is 7. The van der Waals surface area contributed by atoms with Crippen LogP contribution in [0, 0.1) is 6.92 Å². The van der Waals surface area contributed by atoms with Crippen molar-refractivity contribution >= 4 is 21.6 Å². The molecular weight excluding hydrogens is 454 g/mol. The minimum absolute atomic E-state index is 0.00398. The Bertz CT molecular complexity index is 1100. The van der Waals surface area contributed by atoms with E-state index in [0.717, 1.165) is 36.1 Å². The van der Waals surface area contributed by atoms with Gasteiger partial charge in [-0.3, -0.25) is 0 Å². The Balaban J connectivity index is 1.53. The maximum atomic E-state index is 12.2. The van der Waals surface area contributed by atoms with Crippen molar-refractivity contribution in [2.24, 2.45) is 0 Å². The third kappa shape index (κ3) is 7.09. The van der Waals surface area contributed by atoms with E-state index in [1.807, 2.05) is 52.0 Å². The number of ether oxygens (including phenoxy) is 2. The zero-order valence-corrected chi connectivity index (χ0v) is 21.6. The van der Waals surface area contributed by atoms with Crippen LogP contribution in [0.25, 0.3) is 0 Å². The molecule has 1 aromatic heterocycles. The van der Waals surface area contributed by atoms with Crippen LogP contribution in [0.15, 0.2) is 41.4 Å². The van der Waals surface area contributed by atoms with E-state index in [0.29, 0.717) is 18.8 Å². The molecule has 1 aliphatic rings. The smallest absolute Gasteiger partial charge is 0.410 e. The van der Waals surface area contributed by atoms with E-state index in [4.69, 9.17) is 9.47 Å². The van der Waals surface area contributed by atoms with Crippen LogP contribution in [0.3, 0.4) is 0 Å². The van der Waals surface area contributed by atoms with Gasteiger partial charge >= 0.3 is 6.09 Å². The fraction of sp³-hybridized carbons (Fsp3) is 0.520. The molecule has 1 atom stereocenters. The highest BCUT2D eigenvalue weighted by molar-refractivity contribution is 7.90. The number of nitrogens with zero attached hydrogens (tertiary/aromatic N) is 2. The summed E-state index contributed by atoms with van der Waals surface area (Å²) in [5.41, 5.74) is 2.00. The number of carbonyl (C=O) groups excluding carboxylic acids is 1. The van der Waals surface area contributed by atoms with E-state index in [1.165, 1.54) is 6.07 Å². The number of aryl methyl sites for hydroxylation is 1. The lowest BCUT2D eigenvalue weighted by atomic mass is 10.1. The van der Waals surface area contributed by atoms with Gasteiger partial charge in [-0.05, 0) is 64.4 Å². The molecule has 0 spiro atoms. The Morgan fingerprint density at radius 1 is 1.12 bits per heavy atom. The Labute approximate surface area is 202 Å². The molecule has 9 heteroatoms. The van der Waals surface area contributed by atoms with Crippen LogP contribution in [0.1, 0.15) is 57.8 Å². The van der Waals surface area contributed by atoms with Gasteiger partial charge < -0.3 is 19.7 Å². The molecule has 1 aliphatic heterocycles. The zero-order chi connectivity index (χ0) is 25.1. The van der Waals surface area contributed by atoms with E-state index in [9.17, 15) is 13.2 Å². The maximum Gasteiger partial charge on any atom is 0.410 e. The molecule has 0 saturated carbocycles. The monoisotopic (exact) mass is 489 g/mol. The van der Waals surface area contributed by atoms with E-state index >= 15 is 0 Å². The molecule has 8 nitrogen and oxygen atoms in total. The first-order valence-corrected chi connectivity index (χ1v) is 13.4. The number of pyridine rings is 1. The SMILES string of the molecule is Cc1nc(S(C)(=O)=O)ccc1NC(C)c1ccc(OC2CCN(C(=O)OC(C)(C)C)CC2)cc1. The Hall–Kier alpha value is -2.81. The Kier molecular flexibility index (Phi) is 7.75. The van der Waals surface area contributed by atoms with E-state index in [1.54, 1.807) is 17.9 Å². The number of amides is 1. The van der Waals surface area contributed by atoms with Crippen molar-refractivity contribution < 1.29 is 22.7 Å². The molecule has 1 amide bonds. The topological polar surface area (TPSA) is 97.8 Å². The Morgan fingerprint density at radius 2 is 1.74 bits per heavy atom. The first kappa shape index (κ1) is 25.8. The molecular formula is C25H35N3O5S. The van der Waals surface area contributed by atoms with Gasteiger partial charge in [0.1, 0.15) is 17.5 Å². The molecule has 3 rings (SSSR count). The third-order valence-electron chi connectivity index (χ3n) is 5.59. The number of carbonyl (C=O) groups is 1. The lowest BCUT2D eigenvalue weighted by Crippen LogP contribution is -2.44. The van der Waals surface area contributed by atoms with Crippen LogP contribution in [0.2, 0.25) is 0 Å². The van der Waals surface area contributed by atoms with Gasteiger partial charge in [-0.2, -0.15) is 0 Å². The average Bonchev–Trinajstić information content (AvgIpc) is 2.74. The molecule has 2 heterocycles. The highest BCUT2D eigenvalue weighted by Gasteiger charge is 2.27. The second-order valence-corrected chi connectivity index (χ2v) is 11.7. The molecule has 0 radical (unpaired) electrons. The molecule has 0 aliphatic carbocycles. The average molecular weight is 490 g/mol. The van der Waals surface area contributed by atoms with Crippen molar-refractivity contribution in [1.82, 2.24) is 9.88 Å². The van der Waals surface area contributed by atoms with Crippen LogP contribution in [-0.2, 0) is 14.6 Å². The summed E-state index contributed by atoms with van der Waals surface area (Å²) in [5.74, 6) is 0.794. The molecule has 0 bridgehead atoms. The fourth-order valence-corrected chi connectivity index (χ4v) is 4.34. The molecule has 1 aromatic carbocycles. The summed E-state index contributed by atoms with van der Waals surface area (Å²) in [4.78, 5) is 18.2. The van der Waals surface area contributed by atoms with Crippen molar-refractivity contribution in [3.8, 4) is 5.75 Å². The quantitative estimate of drug-likeness (QED) is 0.625. The van der Waals surface area contributed by atoms with E-state index < -0.39 is 15.4 Å². The lowest BCUT2D eigenvalue weighted by molar-refractivity contribution is 0.0126. The largest absolute Gasteiger partial charge is 0.490 e. The molecule has 1 saturated heterocycles. The second-order valence-electron chi connectivity index (χ2n) is 9.77. The highest BCUT2D eigenvalue weighted by Crippen LogP contribution is 2.26.